The Bertz CT molecular complexity index is 3570. The molecule has 7 nitrogen and oxygen atoms in total. The first-order valence-corrected chi connectivity index (χ1v) is 40.2. The zero-order chi connectivity index (χ0) is 63.3. The van der Waals surface area contributed by atoms with Gasteiger partial charge in [-0.15, -0.1) is 0 Å². The van der Waals surface area contributed by atoms with Crippen molar-refractivity contribution in [2.24, 2.45) is 0 Å². The molecule has 464 valence electrons. The van der Waals surface area contributed by atoms with Crippen molar-refractivity contribution in [2.75, 3.05) is 34.4 Å². The summed E-state index contributed by atoms with van der Waals surface area (Å²) in [5.41, 5.74) is 2.81. The maximum absolute atomic E-state index is 20.6. The van der Waals surface area contributed by atoms with Crippen molar-refractivity contribution in [3.05, 3.63) is 364 Å². The van der Waals surface area contributed by atoms with E-state index in [9.17, 15) is 12.9 Å². The van der Waals surface area contributed by atoms with E-state index in [4.69, 9.17) is 0 Å². The molecule has 0 aliphatic rings. The van der Waals surface area contributed by atoms with Crippen LogP contribution in [0.1, 0.15) is 20.8 Å². The van der Waals surface area contributed by atoms with Gasteiger partial charge in [0, 0.05) is 0 Å². The standard InChI is InChI=1S/C81H81N3O4P4/c1-67(82-70-40-16-4-17-41-70)64-90(73-46-22-7-23-47-73,74-48-24-8-25-49-74,75-50-26-9-27-51-75)86-89(85,87-91(76-52-28-10-29-53-76,77-54-30-11-31-55-77,78-56-32-12-33-57-78)65-68(2)83-71-42-18-5-19-43-71)88-92(79-58-34-13-35-59-79,80-60-36-14-37-61-80,81-62-38-15-39-63-81)66-69(3)84-72-44-20-6-21-45-72/h4-63,67-69,82-84H,64-66H2,1-3H3. The number of hydrogen-bond acceptors (Lipinski definition) is 7. The molecule has 3 unspecified atom stereocenters. The predicted molar refractivity (Wildman–Crippen MR) is 399 cm³/mol. The van der Waals surface area contributed by atoms with Crippen LogP contribution in [0.15, 0.2) is 364 Å². The van der Waals surface area contributed by atoms with Gasteiger partial charge < -0.3 is 0 Å². The van der Waals surface area contributed by atoms with Gasteiger partial charge in [-0.2, -0.15) is 0 Å². The van der Waals surface area contributed by atoms with E-state index in [-0.39, 0.29) is 18.1 Å². The van der Waals surface area contributed by atoms with Gasteiger partial charge in [0.05, 0.1) is 0 Å². The summed E-state index contributed by atoms with van der Waals surface area (Å²) in [5, 5.41) is 19.5. The minimum atomic E-state index is -5.59. The van der Waals surface area contributed by atoms with Crippen molar-refractivity contribution in [1.29, 1.82) is 0 Å². The van der Waals surface area contributed by atoms with Gasteiger partial charge >= 0.3 is 548 Å². The molecule has 0 saturated heterocycles. The first-order chi connectivity index (χ1) is 45.0. The molecule has 12 rings (SSSR count). The van der Waals surface area contributed by atoms with E-state index in [1.54, 1.807) is 0 Å². The van der Waals surface area contributed by atoms with Crippen LogP contribution in [-0.4, -0.2) is 36.6 Å². The molecule has 0 heterocycles. The summed E-state index contributed by atoms with van der Waals surface area (Å²) in [6, 6.07) is 125. The molecule has 0 aliphatic carbocycles. The minimum absolute atomic E-state index is 0.295. The van der Waals surface area contributed by atoms with Crippen LogP contribution in [0.2, 0.25) is 0 Å². The van der Waals surface area contributed by atoms with E-state index in [1.165, 1.54) is 0 Å². The average molecular weight is 1280 g/mol. The first-order valence-electron chi connectivity index (χ1n) is 31.7. The van der Waals surface area contributed by atoms with Crippen LogP contribution in [0.4, 0.5) is 17.1 Å². The van der Waals surface area contributed by atoms with Crippen LogP contribution in [-0.2, 0) is 17.5 Å². The Morgan fingerprint density at radius 1 is 0.239 bits per heavy atom. The van der Waals surface area contributed by atoms with Gasteiger partial charge in [0.1, 0.15) is 0 Å². The second-order valence-electron chi connectivity index (χ2n) is 24.1. The quantitative estimate of drug-likeness (QED) is 0.0443. The average Bonchev–Trinajstić information content (AvgIpc) is 0.669. The first kappa shape index (κ1) is 63.6. The molecule has 0 spiro atoms. The Labute approximate surface area is 544 Å². The number of benzene rings is 12. The fourth-order valence-electron chi connectivity index (χ4n) is 14.4. The molecular weight excluding hydrogens is 1200 g/mol. The molecule has 11 heteroatoms. The van der Waals surface area contributed by atoms with Crippen molar-refractivity contribution in [3.8, 4) is 0 Å². The summed E-state index contributed by atoms with van der Waals surface area (Å²) in [7, 11) is -5.59. The van der Waals surface area contributed by atoms with E-state index < -0.39 is 28.3 Å². The molecule has 0 amide bonds. The number of rotatable bonds is 27. The molecule has 3 atom stereocenters. The van der Waals surface area contributed by atoms with Crippen LogP contribution < -0.4 is 63.7 Å². The molecule has 0 aliphatic heterocycles. The van der Waals surface area contributed by atoms with Gasteiger partial charge in [0.25, 0.3) is 0 Å². The van der Waals surface area contributed by atoms with Crippen molar-refractivity contribution >= 4 is 93.1 Å². The number of hydrogen-bond donors (Lipinski definition) is 3. The summed E-state index contributed by atoms with van der Waals surface area (Å²) >= 11 is 0. The predicted octanol–water partition coefficient (Wildman–Crippen LogP) is 17.0. The van der Waals surface area contributed by atoms with E-state index in [0.29, 0.717) is 18.5 Å². The molecule has 12 aromatic carbocycles. The third-order valence-corrected chi connectivity index (χ3v) is 41.0. The summed E-state index contributed by atoms with van der Waals surface area (Å²) in [5.74, 6) is 0. The number of anilines is 3. The maximum atomic E-state index is 20.6. The number of para-hydroxylation sites is 3. The fraction of sp³-hybridized carbons (Fsp3) is 0.111. The topological polar surface area (TPSA) is 80.9 Å². The van der Waals surface area contributed by atoms with Gasteiger partial charge in [0.2, 0.25) is 0 Å². The molecule has 0 radical (unpaired) electrons. The van der Waals surface area contributed by atoms with Crippen molar-refractivity contribution in [2.45, 2.75) is 38.9 Å². The zero-order valence-electron chi connectivity index (χ0n) is 52.4. The normalized spacial score (nSPS) is 14.8. The Morgan fingerprint density at radius 2 is 0.370 bits per heavy atom. The van der Waals surface area contributed by atoms with Crippen LogP contribution in [0.5, 0.6) is 0 Å². The summed E-state index contributed by atoms with van der Waals surface area (Å²) in [4.78, 5) is 0. The Kier molecular flexibility index (Phi) is 18.9. The van der Waals surface area contributed by atoms with Crippen LogP contribution >= 0.6 is 28.3 Å². The fourth-order valence-corrected chi connectivity index (χ4v) is 40.2. The zero-order valence-corrected chi connectivity index (χ0v) is 56.0. The van der Waals surface area contributed by atoms with E-state index >= 15 is 4.57 Å². The summed E-state index contributed by atoms with van der Waals surface area (Å²) < 4.78 is 48.2. The van der Waals surface area contributed by atoms with Gasteiger partial charge in [-0.25, -0.2) is 0 Å². The Hall–Kier alpha value is -8.56. The second-order valence-corrected chi connectivity index (χ2v) is 40.0. The SMILES string of the molecule is CC(CP(OP(=O)(OP(CC(C)Nc1ccccc1)(c1ccccc1)(c1ccccc1)c1ccccc1)OP(CC(C)Nc1ccccc1)(c1ccccc1)(c1ccccc1)c1ccccc1)(c1ccccc1)(c1ccccc1)c1ccccc1)Nc1ccccc1. The van der Waals surface area contributed by atoms with Gasteiger partial charge in [-0.1, -0.05) is 0 Å². The second kappa shape index (κ2) is 27.3. The molecule has 12 aromatic rings. The number of phosphoric acid groups is 1. The molecule has 0 fully saturated rings. The van der Waals surface area contributed by atoms with Crippen LogP contribution in [0.25, 0.3) is 0 Å². The van der Waals surface area contributed by atoms with Crippen LogP contribution in [0, 0.1) is 0 Å². The molecule has 0 bridgehead atoms. The van der Waals surface area contributed by atoms with E-state index in [0.717, 1.165) is 64.8 Å². The van der Waals surface area contributed by atoms with Gasteiger partial charge in [0.15, 0.2) is 0 Å². The van der Waals surface area contributed by atoms with Crippen molar-refractivity contribution < 1.29 is 17.5 Å². The van der Waals surface area contributed by atoms with Gasteiger partial charge in [-0.05, 0) is 0 Å². The molecule has 0 aromatic heterocycles. The van der Waals surface area contributed by atoms with Crippen LogP contribution in [0.3, 0.4) is 0 Å². The van der Waals surface area contributed by atoms with E-state index in [1.807, 2.05) is 109 Å². The summed E-state index contributed by atoms with van der Waals surface area (Å²) in [6.07, 6.45) is 0.884. The monoisotopic (exact) mass is 1280 g/mol. The summed E-state index contributed by atoms with van der Waals surface area (Å²) in [6.45, 7) is -8.49. The number of nitrogens with one attached hydrogen (secondary N) is 3. The molecule has 3 N–H and O–H groups in total. The molecule has 0 saturated carbocycles. The third kappa shape index (κ3) is 11.9. The van der Waals surface area contributed by atoms with Crippen molar-refractivity contribution in [1.82, 2.24) is 0 Å². The van der Waals surface area contributed by atoms with Gasteiger partial charge in [-0.3, -0.25) is 0 Å². The Balaban J connectivity index is 1.31. The molecule has 92 heavy (non-hydrogen) atoms. The van der Waals surface area contributed by atoms with Crippen molar-refractivity contribution in [3.63, 3.8) is 0 Å². The molecular formula is C81H81N3O4P4. The third-order valence-electron chi connectivity index (χ3n) is 18.0. The van der Waals surface area contributed by atoms with E-state index in [2.05, 4.69) is 292 Å². The Morgan fingerprint density at radius 3 is 0.511 bits per heavy atom.